The predicted molar refractivity (Wildman–Crippen MR) is 65.3 cm³/mol. The number of hydrogen-bond acceptors (Lipinski definition) is 4. The number of carboxylic acid groups (broad SMARTS) is 1. The molecule has 3 N–H and O–H groups in total. The summed E-state index contributed by atoms with van der Waals surface area (Å²) in [6.07, 6.45) is 3.67. The van der Waals surface area contributed by atoms with Crippen LogP contribution in [0.4, 0.5) is 4.79 Å². The first-order valence-corrected chi connectivity index (χ1v) is 5.92. The molecule has 1 heterocycles. The lowest BCUT2D eigenvalue weighted by molar-refractivity contribution is -0.140. The van der Waals surface area contributed by atoms with Crippen LogP contribution in [0.1, 0.15) is 17.9 Å². The van der Waals surface area contributed by atoms with Gasteiger partial charge in [0.2, 0.25) is 0 Å². The quantitative estimate of drug-likeness (QED) is 0.699. The molecule has 0 bridgehead atoms. The van der Waals surface area contributed by atoms with Crippen molar-refractivity contribution in [2.24, 2.45) is 5.92 Å². The summed E-state index contributed by atoms with van der Waals surface area (Å²) in [4.78, 5) is 22.3. The number of urea groups is 1. The SMILES string of the molecule is Cc1cc(CNC(=O)NC2C=CC(C(=O)O)C2)no1. The van der Waals surface area contributed by atoms with Gasteiger partial charge >= 0.3 is 12.0 Å². The van der Waals surface area contributed by atoms with Crippen molar-refractivity contribution in [3.05, 3.63) is 29.7 Å². The van der Waals surface area contributed by atoms with Crippen molar-refractivity contribution in [1.29, 1.82) is 0 Å². The van der Waals surface area contributed by atoms with E-state index in [9.17, 15) is 9.59 Å². The Bertz CT molecular complexity index is 509. The van der Waals surface area contributed by atoms with Gasteiger partial charge in [-0.05, 0) is 13.3 Å². The largest absolute Gasteiger partial charge is 0.481 e. The minimum Gasteiger partial charge on any atom is -0.481 e. The van der Waals surface area contributed by atoms with Crippen LogP contribution in [0.5, 0.6) is 0 Å². The Hall–Kier alpha value is -2.31. The number of aryl methyl sites for hydroxylation is 1. The van der Waals surface area contributed by atoms with Crippen molar-refractivity contribution in [2.75, 3.05) is 0 Å². The number of nitrogens with zero attached hydrogens (tertiary/aromatic N) is 1. The number of hydrogen-bond donors (Lipinski definition) is 3. The number of amides is 2. The summed E-state index contributed by atoms with van der Waals surface area (Å²) in [6, 6.07) is 1.12. The van der Waals surface area contributed by atoms with E-state index in [1.165, 1.54) is 0 Å². The summed E-state index contributed by atoms with van der Waals surface area (Å²) >= 11 is 0. The molecule has 0 saturated carbocycles. The molecule has 19 heavy (non-hydrogen) atoms. The zero-order chi connectivity index (χ0) is 13.8. The van der Waals surface area contributed by atoms with Crippen LogP contribution < -0.4 is 10.6 Å². The Morgan fingerprint density at radius 1 is 1.53 bits per heavy atom. The fourth-order valence-corrected chi connectivity index (χ4v) is 1.88. The average molecular weight is 265 g/mol. The maximum Gasteiger partial charge on any atom is 0.315 e. The molecule has 1 aliphatic carbocycles. The van der Waals surface area contributed by atoms with Crippen molar-refractivity contribution in [3.8, 4) is 0 Å². The summed E-state index contributed by atoms with van der Waals surface area (Å²) in [5, 5.41) is 17.9. The lowest BCUT2D eigenvalue weighted by atomic mass is 10.1. The third-order valence-electron chi connectivity index (χ3n) is 2.82. The van der Waals surface area contributed by atoms with Crippen LogP contribution in [0.15, 0.2) is 22.7 Å². The molecule has 2 amide bonds. The second-order valence-corrected chi connectivity index (χ2v) is 4.43. The average Bonchev–Trinajstić information content (AvgIpc) is 2.96. The topological polar surface area (TPSA) is 104 Å². The Morgan fingerprint density at radius 3 is 2.89 bits per heavy atom. The molecule has 2 rings (SSSR count). The van der Waals surface area contributed by atoms with E-state index < -0.39 is 11.9 Å². The van der Waals surface area contributed by atoms with E-state index in [1.54, 1.807) is 25.1 Å². The molecule has 0 spiro atoms. The number of aromatic nitrogens is 1. The highest BCUT2D eigenvalue weighted by Gasteiger charge is 2.25. The van der Waals surface area contributed by atoms with Crippen LogP contribution in [0.25, 0.3) is 0 Å². The van der Waals surface area contributed by atoms with Crippen LogP contribution in [0, 0.1) is 12.8 Å². The fourth-order valence-electron chi connectivity index (χ4n) is 1.88. The zero-order valence-electron chi connectivity index (χ0n) is 10.4. The van der Waals surface area contributed by atoms with Crippen LogP contribution in [0.3, 0.4) is 0 Å². The highest BCUT2D eigenvalue weighted by molar-refractivity contribution is 5.76. The van der Waals surface area contributed by atoms with Crippen LogP contribution in [0.2, 0.25) is 0 Å². The molecule has 1 aliphatic rings. The predicted octanol–water partition coefficient (Wildman–Crippen LogP) is 0.812. The van der Waals surface area contributed by atoms with Gasteiger partial charge in [0.25, 0.3) is 0 Å². The number of carbonyl (C=O) groups is 2. The summed E-state index contributed by atoms with van der Waals surface area (Å²) in [6.45, 7) is 2.04. The van der Waals surface area contributed by atoms with E-state index in [2.05, 4.69) is 15.8 Å². The van der Waals surface area contributed by atoms with Gasteiger partial charge in [0.1, 0.15) is 11.5 Å². The molecule has 7 heteroatoms. The molecular formula is C12H15N3O4. The highest BCUT2D eigenvalue weighted by atomic mass is 16.5. The van der Waals surface area contributed by atoms with Gasteiger partial charge in [-0.25, -0.2) is 4.79 Å². The Balaban J connectivity index is 1.74. The minimum absolute atomic E-state index is 0.250. The normalized spacial score (nSPS) is 21.3. The molecule has 0 aromatic carbocycles. The van der Waals surface area contributed by atoms with Crippen molar-refractivity contribution >= 4 is 12.0 Å². The monoisotopic (exact) mass is 265 g/mol. The molecule has 7 nitrogen and oxygen atoms in total. The first-order valence-electron chi connectivity index (χ1n) is 5.92. The lowest BCUT2D eigenvalue weighted by Gasteiger charge is -2.12. The van der Waals surface area contributed by atoms with Crippen molar-refractivity contribution < 1.29 is 19.2 Å². The standard InChI is InChI=1S/C12H15N3O4/c1-7-4-10(15-19-7)6-13-12(18)14-9-3-2-8(5-9)11(16)17/h2-4,8-9H,5-6H2,1H3,(H,16,17)(H2,13,14,18). The first-order chi connectivity index (χ1) is 9.04. The highest BCUT2D eigenvalue weighted by Crippen LogP contribution is 2.17. The van der Waals surface area contributed by atoms with E-state index >= 15 is 0 Å². The van der Waals surface area contributed by atoms with Gasteiger partial charge in [-0.1, -0.05) is 17.3 Å². The molecule has 1 aromatic rings. The smallest absolute Gasteiger partial charge is 0.315 e. The van der Waals surface area contributed by atoms with Crippen molar-refractivity contribution in [1.82, 2.24) is 15.8 Å². The Morgan fingerprint density at radius 2 is 2.32 bits per heavy atom. The molecule has 102 valence electrons. The molecule has 0 radical (unpaired) electrons. The van der Waals surface area contributed by atoms with Crippen LogP contribution >= 0.6 is 0 Å². The summed E-state index contributed by atoms with van der Waals surface area (Å²) in [5.41, 5.74) is 0.637. The fraction of sp³-hybridized carbons (Fsp3) is 0.417. The second kappa shape index (κ2) is 5.55. The van der Waals surface area contributed by atoms with Gasteiger partial charge in [-0.3, -0.25) is 4.79 Å². The third kappa shape index (κ3) is 3.57. The van der Waals surface area contributed by atoms with E-state index in [1.807, 2.05) is 0 Å². The lowest BCUT2D eigenvalue weighted by Crippen LogP contribution is -2.40. The Kier molecular flexibility index (Phi) is 3.84. The molecule has 0 saturated heterocycles. The van der Waals surface area contributed by atoms with Gasteiger partial charge < -0.3 is 20.3 Å². The molecular weight excluding hydrogens is 250 g/mol. The summed E-state index contributed by atoms with van der Waals surface area (Å²) < 4.78 is 4.87. The van der Waals surface area contributed by atoms with Crippen LogP contribution in [-0.4, -0.2) is 28.3 Å². The second-order valence-electron chi connectivity index (χ2n) is 4.43. The molecule has 2 atom stereocenters. The number of aliphatic carboxylic acids is 1. The van der Waals surface area contributed by atoms with Gasteiger partial charge in [0.15, 0.2) is 0 Å². The third-order valence-corrected chi connectivity index (χ3v) is 2.82. The molecule has 0 fully saturated rings. The maximum atomic E-state index is 11.6. The minimum atomic E-state index is -0.876. The molecule has 0 aliphatic heterocycles. The van der Waals surface area contributed by atoms with E-state index in [-0.39, 0.29) is 18.6 Å². The Labute approximate surface area is 109 Å². The number of nitrogens with one attached hydrogen (secondary N) is 2. The maximum absolute atomic E-state index is 11.6. The van der Waals surface area contributed by atoms with Crippen LogP contribution in [-0.2, 0) is 11.3 Å². The van der Waals surface area contributed by atoms with Gasteiger partial charge in [0, 0.05) is 6.07 Å². The van der Waals surface area contributed by atoms with Crippen molar-refractivity contribution in [3.63, 3.8) is 0 Å². The number of carboxylic acids is 1. The van der Waals surface area contributed by atoms with Gasteiger partial charge in [0.05, 0.1) is 18.5 Å². The number of carbonyl (C=O) groups excluding carboxylic acids is 1. The van der Waals surface area contributed by atoms with E-state index in [0.29, 0.717) is 17.9 Å². The summed E-state index contributed by atoms with van der Waals surface area (Å²) in [7, 11) is 0. The zero-order valence-corrected chi connectivity index (χ0v) is 10.4. The van der Waals surface area contributed by atoms with E-state index in [4.69, 9.17) is 9.63 Å². The first kappa shape index (κ1) is 13.1. The molecule has 1 aromatic heterocycles. The van der Waals surface area contributed by atoms with E-state index in [0.717, 1.165) is 0 Å². The molecule has 2 unspecified atom stereocenters. The number of rotatable bonds is 4. The van der Waals surface area contributed by atoms with Gasteiger partial charge in [-0.15, -0.1) is 0 Å². The summed E-state index contributed by atoms with van der Waals surface area (Å²) in [5.74, 6) is -0.720. The van der Waals surface area contributed by atoms with Gasteiger partial charge in [-0.2, -0.15) is 0 Å². The van der Waals surface area contributed by atoms with Crippen molar-refractivity contribution in [2.45, 2.75) is 25.9 Å².